The molecule has 1 unspecified atom stereocenters. The molecule has 0 radical (unpaired) electrons. The fourth-order valence-electron chi connectivity index (χ4n) is 2.37. The number of hydrogen-bond acceptors (Lipinski definition) is 4. The van der Waals surface area contributed by atoms with Crippen LogP contribution >= 0.6 is 24.0 Å². The number of nitrogens with zero attached hydrogens (tertiary/aromatic N) is 3. The molecule has 1 atom stereocenters. The monoisotopic (exact) mass is 505 g/mol. The zero-order valence-corrected chi connectivity index (χ0v) is 18.8. The third-order valence-corrected chi connectivity index (χ3v) is 3.91. The van der Waals surface area contributed by atoms with Gasteiger partial charge in [-0.3, -0.25) is 4.68 Å². The number of benzene rings is 1. The molecule has 2 rings (SSSR count). The number of aliphatic hydroxyl groups is 1. The van der Waals surface area contributed by atoms with Crippen molar-refractivity contribution in [3.63, 3.8) is 0 Å². The van der Waals surface area contributed by atoms with Crippen LogP contribution in [0.25, 0.3) is 0 Å². The summed E-state index contributed by atoms with van der Waals surface area (Å²) >= 11 is 0. The van der Waals surface area contributed by atoms with E-state index < -0.39 is 5.60 Å². The largest absolute Gasteiger partial charge is 0.494 e. The maximum atomic E-state index is 12.8. The molecule has 0 aliphatic rings. The van der Waals surface area contributed by atoms with Crippen LogP contribution in [-0.4, -0.2) is 47.1 Å². The van der Waals surface area contributed by atoms with Crippen molar-refractivity contribution in [2.24, 2.45) is 12.0 Å². The smallest absolute Gasteiger partial charge is 0.191 e. The van der Waals surface area contributed by atoms with Crippen LogP contribution in [0.5, 0.6) is 5.75 Å². The van der Waals surface area contributed by atoms with E-state index in [0.29, 0.717) is 31.4 Å². The van der Waals surface area contributed by atoms with E-state index in [-0.39, 0.29) is 36.3 Å². The minimum atomic E-state index is -1.09. The van der Waals surface area contributed by atoms with Gasteiger partial charge in [0.2, 0.25) is 0 Å². The van der Waals surface area contributed by atoms with E-state index in [9.17, 15) is 9.50 Å². The van der Waals surface area contributed by atoms with Crippen LogP contribution in [0.15, 0.2) is 41.7 Å². The summed E-state index contributed by atoms with van der Waals surface area (Å²) in [5.41, 5.74) is -0.375. The Bertz CT molecular complexity index is 734. The Kier molecular flexibility index (Phi) is 10.2. The van der Waals surface area contributed by atoms with Crippen molar-refractivity contribution >= 4 is 29.9 Å². The summed E-state index contributed by atoms with van der Waals surface area (Å²) in [4.78, 5) is 4.46. The van der Waals surface area contributed by atoms with E-state index in [1.807, 2.05) is 14.0 Å². The molecular weight excluding hydrogens is 476 g/mol. The number of aliphatic imine (C=N–C) groups is 1. The number of nitrogens with one attached hydrogen (secondary N) is 2. The molecule has 0 bridgehead atoms. The van der Waals surface area contributed by atoms with E-state index in [1.165, 1.54) is 12.1 Å². The summed E-state index contributed by atoms with van der Waals surface area (Å²) in [6, 6.07) is 5.96. The normalized spacial score (nSPS) is 13.4. The van der Waals surface area contributed by atoms with E-state index in [0.717, 1.165) is 12.0 Å². The van der Waals surface area contributed by atoms with Crippen LogP contribution < -0.4 is 15.4 Å². The average molecular weight is 505 g/mol. The van der Waals surface area contributed by atoms with Crippen LogP contribution in [0.1, 0.15) is 25.8 Å². The molecule has 28 heavy (non-hydrogen) atoms. The molecule has 1 heterocycles. The van der Waals surface area contributed by atoms with Gasteiger partial charge in [-0.15, -0.1) is 24.0 Å². The fraction of sp³-hybridized carbons (Fsp3) is 0.474. The van der Waals surface area contributed by atoms with Gasteiger partial charge in [-0.05, 0) is 44.5 Å². The number of aryl methyl sites for hydroxylation is 1. The van der Waals surface area contributed by atoms with Crippen LogP contribution in [0, 0.1) is 5.82 Å². The van der Waals surface area contributed by atoms with Gasteiger partial charge in [-0.1, -0.05) is 0 Å². The lowest BCUT2D eigenvalue weighted by Gasteiger charge is -2.20. The van der Waals surface area contributed by atoms with E-state index in [1.54, 1.807) is 36.1 Å². The highest BCUT2D eigenvalue weighted by atomic mass is 127. The maximum Gasteiger partial charge on any atom is 0.191 e. The number of aromatic nitrogens is 2. The summed E-state index contributed by atoms with van der Waals surface area (Å²) in [6.07, 6.45) is 4.17. The van der Waals surface area contributed by atoms with Crippen molar-refractivity contribution in [1.82, 2.24) is 20.4 Å². The topological polar surface area (TPSA) is 83.7 Å². The highest BCUT2D eigenvalue weighted by Crippen LogP contribution is 2.19. The standard InChI is InChI=1S/C19H28FN5O2.HI/c1-4-21-18(23-14-19(2,26)15-12-24-25(3)13-15)22-10-5-11-27-17-8-6-16(20)7-9-17;/h6-9,12-13,26H,4-5,10-11,14H2,1-3H3,(H2,21,22,23);1H. The molecule has 9 heteroatoms. The molecule has 0 fully saturated rings. The van der Waals surface area contributed by atoms with Crippen molar-refractivity contribution in [3.05, 3.63) is 48.0 Å². The zero-order valence-electron chi connectivity index (χ0n) is 16.5. The third-order valence-electron chi connectivity index (χ3n) is 3.91. The molecule has 0 aliphatic heterocycles. The quantitative estimate of drug-likeness (QED) is 0.211. The first-order valence-corrected chi connectivity index (χ1v) is 9.03. The molecule has 0 amide bonds. The Labute approximate surface area is 182 Å². The number of ether oxygens (including phenoxy) is 1. The molecule has 156 valence electrons. The first-order chi connectivity index (χ1) is 12.9. The van der Waals surface area contributed by atoms with Gasteiger partial charge in [0, 0.05) is 31.9 Å². The average Bonchev–Trinajstić information content (AvgIpc) is 3.08. The number of guanidine groups is 1. The van der Waals surface area contributed by atoms with Crippen LogP contribution in [0.3, 0.4) is 0 Å². The van der Waals surface area contributed by atoms with Gasteiger partial charge in [0.25, 0.3) is 0 Å². The number of hydrogen-bond donors (Lipinski definition) is 3. The minimum Gasteiger partial charge on any atom is -0.494 e. The summed E-state index contributed by atoms with van der Waals surface area (Å²) < 4.78 is 20.1. The van der Waals surface area contributed by atoms with Gasteiger partial charge in [0.05, 0.1) is 19.3 Å². The highest BCUT2D eigenvalue weighted by Gasteiger charge is 2.24. The predicted molar refractivity (Wildman–Crippen MR) is 119 cm³/mol. The molecule has 3 N–H and O–H groups in total. The van der Waals surface area contributed by atoms with Gasteiger partial charge < -0.3 is 20.5 Å². The van der Waals surface area contributed by atoms with Crippen molar-refractivity contribution in [2.45, 2.75) is 25.9 Å². The van der Waals surface area contributed by atoms with E-state index in [4.69, 9.17) is 4.74 Å². The SMILES string of the molecule is CCNC(=NCC(C)(O)c1cnn(C)c1)NCCCOc1ccc(F)cc1.I. The van der Waals surface area contributed by atoms with Crippen molar-refractivity contribution < 1.29 is 14.2 Å². The van der Waals surface area contributed by atoms with Gasteiger partial charge >= 0.3 is 0 Å². The third kappa shape index (κ3) is 8.01. The molecular formula is C19H29FIN5O2. The first kappa shape index (κ1) is 24.2. The Morgan fingerprint density at radius 3 is 2.64 bits per heavy atom. The zero-order chi connectivity index (χ0) is 19.7. The first-order valence-electron chi connectivity index (χ1n) is 9.03. The summed E-state index contributed by atoms with van der Waals surface area (Å²) in [6.45, 7) is 5.78. The van der Waals surface area contributed by atoms with Gasteiger partial charge in [-0.2, -0.15) is 5.10 Å². The Hall–Kier alpha value is -1.88. The summed E-state index contributed by atoms with van der Waals surface area (Å²) in [7, 11) is 1.81. The van der Waals surface area contributed by atoms with E-state index in [2.05, 4.69) is 20.7 Å². The Morgan fingerprint density at radius 2 is 2.04 bits per heavy atom. The predicted octanol–water partition coefficient (Wildman–Crippen LogP) is 2.41. The van der Waals surface area contributed by atoms with E-state index >= 15 is 0 Å². The lowest BCUT2D eigenvalue weighted by Crippen LogP contribution is -2.39. The van der Waals surface area contributed by atoms with Gasteiger partial charge in [0.15, 0.2) is 5.96 Å². The molecule has 2 aromatic rings. The maximum absolute atomic E-state index is 12.8. The lowest BCUT2D eigenvalue weighted by atomic mass is 10.0. The second kappa shape index (κ2) is 11.8. The minimum absolute atomic E-state index is 0. The Balaban J connectivity index is 0.00000392. The van der Waals surface area contributed by atoms with Crippen molar-refractivity contribution in [3.8, 4) is 5.75 Å². The van der Waals surface area contributed by atoms with Gasteiger partial charge in [0.1, 0.15) is 17.2 Å². The summed E-state index contributed by atoms with van der Waals surface area (Å²) in [5.74, 6) is 0.991. The van der Waals surface area contributed by atoms with Crippen LogP contribution in [0.2, 0.25) is 0 Å². The molecule has 0 saturated carbocycles. The number of halogens is 2. The molecule has 0 aliphatic carbocycles. The van der Waals surface area contributed by atoms with Crippen LogP contribution in [0.4, 0.5) is 4.39 Å². The lowest BCUT2D eigenvalue weighted by molar-refractivity contribution is 0.0672. The highest BCUT2D eigenvalue weighted by molar-refractivity contribution is 14.0. The summed E-state index contributed by atoms with van der Waals surface area (Å²) in [5, 5.41) is 21.1. The molecule has 0 saturated heterocycles. The second-order valence-electron chi connectivity index (χ2n) is 6.45. The molecule has 1 aromatic carbocycles. The van der Waals surface area contributed by atoms with Crippen molar-refractivity contribution in [1.29, 1.82) is 0 Å². The number of rotatable bonds is 9. The van der Waals surface area contributed by atoms with Gasteiger partial charge in [-0.25, -0.2) is 9.38 Å². The molecule has 0 spiro atoms. The van der Waals surface area contributed by atoms with Crippen LogP contribution in [-0.2, 0) is 12.6 Å². The second-order valence-corrected chi connectivity index (χ2v) is 6.45. The van der Waals surface area contributed by atoms with Crippen molar-refractivity contribution in [2.75, 3.05) is 26.2 Å². The fourth-order valence-corrected chi connectivity index (χ4v) is 2.37. The molecule has 7 nitrogen and oxygen atoms in total. The Morgan fingerprint density at radius 1 is 1.32 bits per heavy atom. The molecule has 1 aromatic heterocycles.